The van der Waals surface area contributed by atoms with Crippen LogP contribution in [0.25, 0.3) is 76.8 Å². The van der Waals surface area contributed by atoms with Crippen LogP contribution in [0.3, 0.4) is 0 Å². The molecule has 0 aliphatic heterocycles. The Morgan fingerprint density at radius 3 is 1.95 bits per heavy atom. The molecule has 0 N–H and O–H groups in total. The average Bonchev–Trinajstić information content (AvgIpc) is 3.55. The SMILES string of the molecule is [C-]#[N+]c1ccccc1-c1c(-c2ccccc2C#N)n(-c2ccc3c4c(cccc24)-c2ccccc2-3)c2ccccc12. The van der Waals surface area contributed by atoms with Crippen LogP contribution in [0.15, 0.2) is 127 Å². The van der Waals surface area contributed by atoms with Crippen molar-refractivity contribution in [1.29, 1.82) is 5.26 Å². The standard InChI is InChI=1S/C38H21N3/c1-40-33-19-8-6-15-30(33)37-32-16-7-9-20-34(32)41(38(37)25-12-3-2-11-24(25)23-39)35-22-21-29-27-14-5-4-13-26(27)28-17-10-18-31(35)36(28)29/h2-22H. The van der Waals surface area contributed by atoms with Crippen LogP contribution in [0.5, 0.6) is 0 Å². The number of aromatic nitrogens is 1. The van der Waals surface area contributed by atoms with Gasteiger partial charge in [-0.05, 0) is 51.4 Å². The lowest BCUT2D eigenvalue weighted by atomic mass is 9.94. The van der Waals surface area contributed by atoms with E-state index in [1.807, 2.05) is 54.6 Å². The maximum Gasteiger partial charge on any atom is 0.195 e. The molecule has 0 bridgehead atoms. The Morgan fingerprint density at radius 1 is 0.561 bits per heavy atom. The number of para-hydroxylation sites is 2. The van der Waals surface area contributed by atoms with E-state index in [9.17, 15) is 5.26 Å². The number of nitrogens with zero attached hydrogens (tertiary/aromatic N) is 3. The van der Waals surface area contributed by atoms with E-state index in [0.29, 0.717) is 11.3 Å². The van der Waals surface area contributed by atoms with E-state index >= 15 is 0 Å². The second kappa shape index (κ2) is 8.82. The van der Waals surface area contributed by atoms with Crippen molar-refractivity contribution in [1.82, 2.24) is 4.57 Å². The molecule has 41 heavy (non-hydrogen) atoms. The summed E-state index contributed by atoms with van der Waals surface area (Å²) in [4.78, 5) is 3.89. The van der Waals surface area contributed by atoms with E-state index in [2.05, 4.69) is 88.3 Å². The predicted octanol–water partition coefficient (Wildman–Crippen LogP) is 10.2. The molecule has 0 amide bonds. The maximum atomic E-state index is 10.2. The molecule has 8 rings (SSSR count). The van der Waals surface area contributed by atoms with Gasteiger partial charge in [0.2, 0.25) is 0 Å². The van der Waals surface area contributed by atoms with Crippen molar-refractivity contribution in [3.8, 4) is 56.4 Å². The maximum absolute atomic E-state index is 10.2. The molecular weight excluding hydrogens is 498 g/mol. The zero-order valence-electron chi connectivity index (χ0n) is 22.0. The van der Waals surface area contributed by atoms with E-state index < -0.39 is 0 Å². The molecule has 0 atom stereocenters. The first kappa shape index (κ1) is 23.0. The smallest absolute Gasteiger partial charge is 0.195 e. The van der Waals surface area contributed by atoms with Gasteiger partial charge in [-0.15, -0.1) is 0 Å². The molecule has 0 fully saturated rings. The molecule has 3 nitrogen and oxygen atoms in total. The van der Waals surface area contributed by atoms with Crippen LogP contribution < -0.4 is 0 Å². The van der Waals surface area contributed by atoms with Gasteiger partial charge in [0.05, 0.1) is 35.1 Å². The highest BCUT2D eigenvalue weighted by Gasteiger charge is 2.27. The quantitative estimate of drug-likeness (QED) is 0.214. The van der Waals surface area contributed by atoms with E-state index in [1.54, 1.807) is 0 Å². The van der Waals surface area contributed by atoms with Gasteiger partial charge in [-0.25, -0.2) is 4.85 Å². The van der Waals surface area contributed by atoms with Crippen LogP contribution in [0.1, 0.15) is 5.56 Å². The summed E-state index contributed by atoms with van der Waals surface area (Å²) >= 11 is 0. The third-order valence-electron chi connectivity index (χ3n) is 8.24. The zero-order valence-corrected chi connectivity index (χ0v) is 22.0. The Kier molecular flexibility index (Phi) is 4.95. The molecule has 7 aromatic rings. The number of fused-ring (bicyclic) bond motifs is 4. The summed E-state index contributed by atoms with van der Waals surface area (Å²) in [7, 11) is 0. The minimum atomic E-state index is 0.585. The molecule has 1 aliphatic rings. The molecule has 1 aliphatic carbocycles. The van der Waals surface area contributed by atoms with E-state index in [1.165, 1.54) is 27.6 Å². The minimum absolute atomic E-state index is 0.585. The Morgan fingerprint density at radius 2 is 1.17 bits per heavy atom. The van der Waals surface area contributed by atoms with Gasteiger partial charge in [0.15, 0.2) is 5.69 Å². The van der Waals surface area contributed by atoms with Gasteiger partial charge < -0.3 is 4.57 Å². The highest BCUT2D eigenvalue weighted by molar-refractivity contribution is 6.18. The van der Waals surface area contributed by atoms with Gasteiger partial charge in [0.25, 0.3) is 0 Å². The van der Waals surface area contributed by atoms with Crippen LogP contribution in [0.4, 0.5) is 5.69 Å². The van der Waals surface area contributed by atoms with Gasteiger partial charge in [-0.3, -0.25) is 0 Å². The lowest BCUT2D eigenvalue weighted by molar-refractivity contribution is 1.15. The van der Waals surface area contributed by atoms with Crippen LogP contribution in [-0.4, -0.2) is 4.57 Å². The number of nitriles is 1. The monoisotopic (exact) mass is 519 g/mol. The molecular formula is C38H21N3. The van der Waals surface area contributed by atoms with Crippen molar-refractivity contribution in [3.63, 3.8) is 0 Å². The fourth-order valence-electron chi connectivity index (χ4n) is 6.58. The third kappa shape index (κ3) is 3.18. The van der Waals surface area contributed by atoms with Crippen LogP contribution in [-0.2, 0) is 0 Å². The number of hydrogen-bond acceptors (Lipinski definition) is 1. The van der Waals surface area contributed by atoms with E-state index in [0.717, 1.165) is 44.4 Å². The molecule has 0 saturated carbocycles. The highest BCUT2D eigenvalue weighted by Crippen LogP contribution is 2.51. The van der Waals surface area contributed by atoms with Crippen molar-refractivity contribution in [2.75, 3.05) is 0 Å². The zero-order chi connectivity index (χ0) is 27.5. The summed E-state index contributed by atoms with van der Waals surface area (Å²) in [6.45, 7) is 7.96. The van der Waals surface area contributed by atoms with Crippen LogP contribution in [0.2, 0.25) is 0 Å². The molecule has 0 saturated heterocycles. The summed E-state index contributed by atoms with van der Waals surface area (Å²) < 4.78 is 2.30. The molecule has 188 valence electrons. The Balaban J connectivity index is 1.57. The van der Waals surface area contributed by atoms with E-state index in [-0.39, 0.29) is 0 Å². The van der Waals surface area contributed by atoms with Gasteiger partial charge in [-0.1, -0.05) is 109 Å². The van der Waals surface area contributed by atoms with Crippen molar-refractivity contribution < 1.29 is 0 Å². The topological polar surface area (TPSA) is 33.1 Å². The lowest BCUT2D eigenvalue weighted by Gasteiger charge is -2.17. The first-order valence-electron chi connectivity index (χ1n) is 13.6. The minimum Gasteiger partial charge on any atom is -0.308 e. The largest absolute Gasteiger partial charge is 0.308 e. The fourth-order valence-corrected chi connectivity index (χ4v) is 6.58. The lowest BCUT2D eigenvalue weighted by Crippen LogP contribution is -2.00. The summed E-state index contributed by atoms with van der Waals surface area (Å²) in [5.74, 6) is 0. The molecule has 1 aromatic heterocycles. The second-order valence-electron chi connectivity index (χ2n) is 10.3. The van der Waals surface area contributed by atoms with Crippen molar-refractivity contribution >= 4 is 27.4 Å². The second-order valence-corrected chi connectivity index (χ2v) is 10.3. The van der Waals surface area contributed by atoms with Gasteiger partial charge >= 0.3 is 0 Å². The Bertz CT molecular complexity index is 2260. The summed E-state index contributed by atoms with van der Waals surface area (Å²) in [6, 6.07) is 45.9. The van der Waals surface area contributed by atoms with Gasteiger partial charge in [0, 0.05) is 21.9 Å². The molecule has 0 radical (unpaired) electrons. The van der Waals surface area contributed by atoms with Crippen molar-refractivity contribution in [2.45, 2.75) is 0 Å². The van der Waals surface area contributed by atoms with E-state index in [4.69, 9.17) is 6.57 Å². The normalized spacial score (nSPS) is 11.4. The summed E-state index contributed by atoms with van der Waals surface area (Å²) in [5.41, 5.74) is 11.8. The average molecular weight is 520 g/mol. The van der Waals surface area contributed by atoms with Crippen LogP contribution in [0, 0.1) is 17.9 Å². The van der Waals surface area contributed by atoms with Gasteiger partial charge in [-0.2, -0.15) is 5.26 Å². The van der Waals surface area contributed by atoms with Gasteiger partial charge in [0.1, 0.15) is 0 Å². The third-order valence-corrected chi connectivity index (χ3v) is 8.24. The summed E-state index contributed by atoms with van der Waals surface area (Å²) in [5, 5.41) is 13.7. The highest BCUT2D eigenvalue weighted by atomic mass is 15.0. The number of hydrogen-bond donors (Lipinski definition) is 0. The van der Waals surface area contributed by atoms with Crippen LogP contribution >= 0.6 is 0 Å². The number of benzene rings is 6. The molecule has 1 heterocycles. The number of rotatable bonds is 3. The Labute approximate surface area is 237 Å². The van der Waals surface area contributed by atoms with Crippen molar-refractivity contribution in [2.24, 2.45) is 0 Å². The first-order chi connectivity index (χ1) is 20.3. The Hall–Kier alpha value is -5.90. The molecule has 3 heteroatoms. The molecule has 6 aromatic carbocycles. The first-order valence-corrected chi connectivity index (χ1v) is 13.6. The molecule has 0 unspecified atom stereocenters. The fraction of sp³-hybridized carbons (Fsp3) is 0. The summed E-state index contributed by atoms with van der Waals surface area (Å²) in [6.07, 6.45) is 0. The molecule has 0 spiro atoms. The predicted molar refractivity (Wildman–Crippen MR) is 167 cm³/mol. The van der Waals surface area contributed by atoms with Crippen molar-refractivity contribution in [3.05, 3.63) is 144 Å².